The number of thiophene rings is 1. The molecule has 0 unspecified atom stereocenters. The maximum atomic E-state index is 12.2. The van der Waals surface area contributed by atoms with Gasteiger partial charge in [-0.1, -0.05) is 24.3 Å². The number of ether oxygens (including phenoxy) is 1. The fourth-order valence-corrected chi connectivity index (χ4v) is 3.53. The van der Waals surface area contributed by atoms with Gasteiger partial charge in [-0.15, -0.1) is 11.3 Å². The fraction of sp³-hybridized carbons (Fsp3) is 0.158. The van der Waals surface area contributed by atoms with Gasteiger partial charge >= 0.3 is 5.97 Å². The van der Waals surface area contributed by atoms with Gasteiger partial charge in [0.1, 0.15) is 11.3 Å². The summed E-state index contributed by atoms with van der Waals surface area (Å²) in [4.78, 5) is 26.3. The summed E-state index contributed by atoms with van der Waals surface area (Å²) in [5, 5.41) is 11.7. The predicted octanol–water partition coefficient (Wildman–Crippen LogP) is 4.26. The van der Waals surface area contributed by atoms with Gasteiger partial charge in [-0.05, 0) is 42.8 Å². The molecule has 0 saturated heterocycles. The Morgan fingerprint density at radius 3 is 2.33 bits per heavy atom. The van der Waals surface area contributed by atoms with Gasteiger partial charge in [0, 0.05) is 15.3 Å². The van der Waals surface area contributed by atoms with Crippen LogP contribution in [0.5, 0.6) is 5.75 Å². The average molecular weight is 340 g/mol. The normalized spacial score (nSPS) is 10.8. The number of hydrogen-bond acceptors (Lipinski definition) is 5. The Morgan fingerprint density at radius 2 is 1.71 bits per heavy atom. The van der Waals surface area contributed by atoms with Crippen molar-refractivity contribution in [2.24, 2.45) is 0 Å². The number of fused-ring (bicyclic) bond motifs is 1. The number of rotatable bonds is 4. The second-order valence-corrected chi connectivity index (χ2v) is 7.00. The standard InChI is InChI=1S/C19H16O4S/c1-11-7-15(12(2)24-11)18(21)10-23-19(22)16-8-13-5-3-4-6-14(13)9-17(16)20/h3-9,20H,10H2,1-2H3. The van der Waals surface area contributed by atoms with Crippen LogP contribution in [0.2, 0.25) is 0 Å². The van der Waals surface area contributed by atoms with Gasteiger partial charge in [-0.2, -0.15) is 0 Å². The zero-order valence-corrected chi connectivity index (χ0v) is 14.1. The molecule has 0 atom stereocenters. The first-order chi connectivity index (χ1) is 11.5. The lowest BCUT2D eigenvalue weighted by Gasteiger charge is -2.07. The van der Waals surface area contributed by atoms with Crippen LogP contribution in [-0.2, 0) is 4.74 Å². The number of hydrogen-bond donors (Lipinski definition) is 1. The molecule has 1 aromatic heterocycles. The molecule has 1 heterocycles. The number of aromatic hydroxyl groups is 1. The van der Waals surface area contributed by atoms with Crippen LogP contribution in [0.25, 0.3) is 10.8 Å². The van der Waals surface area contributed by atoms with E-state index in [4.69, 9.17) is 4.74 Å². The Morgan fingerprint density at radius 1 is 1.04 bits per heavy atom. The number of phenols is 1. The first-order valence-corrected chi connectivity index (χ1v) is 8.26. The van der Waals surface area contributed by atoms with Gasteiger partial charge in [0.15, 0.2) is 6.61 Å². The van der Waals surface area contributed by atoms with E-state index in [1.54, 1.807) is 12.1 Å². The van der Waals surface area contributed by atoms with Gasteiger partial charge in [-0.3, -0.25) is 4.79 Å². The third-order valence-corrected chi connectivity index (χ3v) is 4.73. The first-order valence-electron chi connectivity index (χ1n) is 7.45. The van der Waals surface area contributed by atoms with Crippen LogP contribution >= 0.6 is 11.3 Å². The van der Waals surface area contributed by atoms with Gasteiger partial charge in [0.05, 0.1) is 0 Å². The minimum atomic E-state index is -0.712. The Bertz CT molecular complexity index is 940. The molecule has 0 radical (unpaired) electrons. The van der Waals surface area contributed by atoms with E-state index in [1.165, 1.54) is 17.4 Å². The van der Waals surface area contributed by atoms with Crippen molar-refractivity contribution in [2.45, 2.75) is 13.8 Å². The van der Waals surface area contributed by atoms with E-state index < -0.39 is 5.97 Å². The minimum Gasteiger partial charge on any atom is -0.507 e. The van der Waals surface area contributed by atoms with Crippen molar-refractivity contribution in [3.63, 3.8) is 0 Å². The topological polar surface area (TPSA) is 63.6 Å². The predicted molar refractivity (Wildman–Crippen MR) is 94.0 cm³/mol. The summed E-state index contributed by atoms with van der Waals surface area (Å²) in [5.74, 6) is -1.12. The molecule has 1 N–H and O–H groups in total. The van der Waals surface area contributed by atoms with E-state index in [0.717, 1.165) is 20.5 Å². The van der Waals surface area contributed by atoms with Gasteiger partial charge < -0.3 is 9.84 Å². The Kier molecular flexibility index (Phi) is 4.36. The Balaban J connectivity index is 1.76. The molecule has 0 bridgehead atoms. The molecule has 0 aliphatic rings. The number of esters is 1. The van der Waals surface area contributed by atoms with Crippen molar-refractivity contribution in [2.75, 3.05) is 6.61 Å². The first kappa shape index (κ1) is 16.2. The van der Waals surface area contributed by atoms with Crippen LogP contribution in [0.3, 0.4) is 0 Å². The lowest BCUT2D eigenvalue weighted by atomic mass is 10.1. The average Bonchev–Trinajstić information content (AvgIpc) is 2.90. The number of benzene rings is 2. The lowest BCUT2D eigenvalue weighted by molar-refractivity contribution is 0.0472. The van der Waals surface area contributed by atoms with Crippen molar-refractivity contribution in [3.05, 3.63) is 63.3 Å². The number of carbonyl (C=O) groups excluding carboxylic acids is 2. The molecule has 0 fully saturated rings. The maximum Gasteiger partial charge on any atom is 0.342 e. The van der Waals surface area contributed by atoms with Gasteiger partial charge in [0.25, 0.3) is 0 Å². The minimum absolute atomic E-state index is 0.0553. The van der Waals surface area contributed by atoms with E-state index in [0.29, 0.717) is 5.56 Å². The lowest BCUT2D eigenvalue weighted by Crippen LogP contribution is -2.14. The van der Waals surface area contributed by atoms with Crippen molar-refractivity contribution < 1.29 is 19.4 Å². The van der Waals surface area contributed by atoms with E-state index in [9.17, 15) is 14.7 Å². The zero-order valence-electron chi connectivity index (χ0n) is 13.3. The molecular weight excluding hydrogens is 324 g/mol. The van der Waals surface area contributed by atoms with Crippen LogP contribution in [0, 0.1) is 13.8 Å². The number of phenolic OH excluding ortho intramolecular Hbond substituents is 1. The summed E-state index contributed by atoms with van der Waals surface area (Å²) in [6.45, 7) is 3.44. The summed E-state index contributed by atoms with van der Waals surface area (Å²) < 4.78 is 5.09. The second kappa shape index (κ2) is 6.45. The second-order valence-electron chi connectivity index (χ2n) is 5.54. The molecule has 2 aromatic carbocycles. The molecule has 4 nitrogen and oxygen atoms in total. The van der Waals surface area contributed by atoms with Gasteiger partial charge in [-0.25, -0.2) is 4.79 Å². The number of Topliss-reactive ketones (excluding diaryl/α,β-unsaturated/α-hetero) is 1. The monoisotopic (exact) mass is 340 g/mol. The molecule has 0 amide bonds. The third-order valence-electron chi connectivity index (χ3n) is 3.76. The van der Waals surface area contributed by atoms with Crippen LogP contribution < -0.4 is 0 Å². The van der Waals surface area contributed by atoms with E-state index >= 15 is 0 Å². The highest BCUT2D eigenvalue weighted by Gasteiger charge is 2.18. The molecule has 122 valence electrons. The quantitative estimate of drug-likeness (QED) is 0.569. The molecule has 0 aliphatic heterocycles. The van der Waals surface area contributed by atoms with E-state index in [-0.39, 0.29) is 23.7 Å². The third kappa shape index (κ3) is 3.16. The number of ketones is 1. The SMILES string of the molecule is Cc1cc(C(=O)COC(=O)c2cc3ccccc3cc2O)c(C)s1. The van der Waals surface area contributed by atoms with E-state index in [1.807, 2.05) is 38.1 Å². The van der Waals surface area contributed by atoms with Crippen LogP contribution in [0.1, 0.15) is 30.5 Å². The van der Waals surface area contributed by atoms with Crippen molar-refractivity contribution in [3.8, 4) is 5.75 Å². The summed E-state index contributed by atoms with van der Waals surface area (Å²) in [7, 11) is 0. The van der Waals surface area contributed by atoms with Crippen LogP contribution in [0.15, 0.2) is 42.5 Å². The summed E-state index contributed by atoms with van der Waals surface area (Å²) >= 11 is 1.53. The zero-order chi connectivity index (χ0) is 17.3. The Hall–Kier alpha value is -2.66. The summed E-state index contributed by atoms with van der Waals surface area (Å²) in [5.41, 5.74) is 0.632. The summed E-state index contributed by atoms with van der Waals surface area (Å²) in [6, 6.07) is 12.3. The number of aryl methyl sites for hydroxylation is 2. The fourth-order valence-electron chi connectivity index (χ4n) is 2.59. The van der Waals surface area contributed by atoms with Crippen LogP contribution in [-0.4, -0.2) is 23.5 Å². The molecular formula is C19H16O4S. The molecule has 3 rings (SSSR count). The number of carbonyl (C=O) groups is 2. The molecule has 0 saturated carbocycles. The molecule has 5 heteroatoms. The molecule has 3 aromatic rings. The smallest absolute Gasteiger partial charge is 0.342 e. The molecule has 24 heavy (non-hydrogen) atoms. The van der Waals surface area contributed by atoms with Crippen molar-refractivity contribution in [1.82, 2.24) is 0 Å². The highest BCUT2D eigenvalue weighted by molar-refractivity contribution is 7.12. The maximum absolute atomic E-state index is 12.2. The van der Waals surface area contributed by atoms with Crippen molar-refractivity contribution >= 4 is 33.9 Å². The molecule has 0 spiro atoms. The summed E-state index contributed by atoms with van der Waals surface area (Å²) in [6.07, 6.45) is 0. The molecule has 0 aliphatic carbocycles. The highest BCUT2D eigenvalue weighted by Crippen LogP contribution is 2.26. The highest BCUT2D eigenvalue weighted by atomic mass is 32.1. The van der Waals surface area contributed by atoms with Crippen molar-refractivity contribution in [1.29, 1.82) is 0 Å². The van der Waals surface area contributed by atoms with Crippen LogP contribution in [0.4, 0.5) is 0 Å². The van der Waals surface area contributed by atoms with Gasteiger partial charge in [0.2, 0.25) is 5.78 Å². The largest absolute Gasteiger partial charge is 0.507 e. The van der Waals surface area contributed by atoms with E-state index in [2.05, 4.69) is 0 Å². The Labute approximate surface area is 143 Å².